The Labute approximate surface area is 161 Å². The summed E-state index contributed by atoms with van der Waals surface area (Å²) in [4.78, 5) is 30.1. The van der Waals surface area contributed by atoms with Gasteiger partial charge in [0.1, 0.15) is 5.69 Å². The Hall–Kier alpha value is -2.38. The highest BCUT2D eigenvalue weighted by Gasteiger charge is 2.24. The van der Waals surface area contributed by atoms with Crippen molar-refractivity contribution in [2.45, 2.75) is 18.9 Å². The number of aromatic amines is 1. The molecule has 144 valence electrons. The van der Waals surface area contributed by atoms with Crippen LogP contribution in [0.3, 0.4) is 0 Å². The summed E-state index contributed by atoms with van der Waals surface area (Å²) < 4.78 is 19.4. The molecule has 0 unspecified atom stereocenters. The van der Waals surface area contributed by atoms with Gasteiger partial charge in [0.05, 0.1) is 17.7 Å². The molecular formula is C19H21ClFN3O3. The van der Waals surface area contributed by atoms with E-state index >= 15 is 0 Å². The van der Waals surface area contributed by atoms with Crippen molar-refractivity contribution in [1.29, 1.82) is 0 Å². The smallest absolute Gasteiger partial charge is 0.267 e. The first-order valence-corrected chi connectivity index (χ1v) is 9.03. The third-order valence-corrected chi connectivity index (χ3v) is 5.06. The van der Waals surface area contributed by atoms with Gasteiger partial charge in [-0.15, -0.1) is 0 Å². The zero-order valence-corrected chi connectivity index (χ0v) is 15.9. The number of H-pyrrole nitrogens is 1. The van der Waals surface area contributed by atoms with E-state index in [1.54, 1.807) is 0 Å². The van der Waals surface area contributed by atoms with Crippen molar-refractivity contribution < 1.29 is 18.7 Å². The molecule has 2 aromatic rings. The SMILES string of the molecule is COc1ccc(Cl)c(C(=O)c2c[nH]c(C(=O)NC3CCN(C)CC3)c2)c1F. The molecule has 8 heteroatoms. The predicted molar refractivity (Wildman–Crippen MR) is 100 cm³/mol. The summed E-state index contributed by atoms with van der Waals surface area (Å²) >= 11 is 6.00. The molecular weight excluding hydrogens is 373 g/mol. The second kappa shape index (κ2) is 8.10. The molecule has 1 saturated heterocycles. The van der Waals surface area contributed by atoms with Gasteiger partial charge in [-0.1, -0.05) is 11.6 Å². The number of nitrogens with zero attached hydrogens (tertiary/aromatic N) is 1. The molecule has 2 N–H and O–H groups in total. The Morgan fingerprint density at radius 1 is 1.33 bits per heavy atom. The number of methoxy groups -OCH3 is 1. The van der Waals surface area contributed by atoms with Crippen molar-refractivity contribution in [3.8, 4) is 5.75 Å². The molecule has 1 aliphatic heterocycles. The zero-order valence-electron chi connectivity index (χ0n) is 15.1. The lowest BCUT2D eigenvalue weighted by atomic mass is 10.0. The van der Waals surface area contributed by atoms with Gasteiger partial charge in [0.2, 0.25) is 0 Å². The fourth-order valence-electron chi connectivity index (χ4n) is 3.12. The Balaban J connectivity index is 1.76. The average Bonchev–Trinajstić information content (AvgIpc) is 3.14. The van der Waals surface area contributed by atoms with Gasteiger partial charge in [-0.25, -0.2) is 4.39 Å². The average molecular weight is 394 g/mol. The number of hydrogen-bond donors (Lipinski definition) is 2. The van der Waals surface area contributed by atoms with E-state index < -0.39 is 11.6 Å². The Morgan fingerprint density at radius 2 is 2.04 bits per heavy atom. The first kappa shape index (κ1) is 19.4. The van der Waals surface area contributed by atoms with Crippen molar-refractivity contribution in [3.63, 3.8) is 0 Å². The van der Waals surface area contributed by atoms with Gasteiger partial charge in [-0.3, -0.25) is 9.59 Å². The van der Waals surface area contributed by atoms with Crippen LogP contribution in [0.1, 0.15) is 39.3 Å². The maximum atomic E-state index is 14.5. The molecule has 1 aromatic carbocycles. The zero-order chi connectivity index (χ0) is 19.6. The van der Waals surface area contributed by atoms with Gasteiger partial charge in [0.15, 0.2) is 17.3 Å². The van der Waals surface area contributed by atoms with Crippen molar-refractivity contribution >= 4 is 23.3 Å². The second-order valence-corrected chi connectivity index (χ2v) is 7.03. The van der Waals surface area contributed by atoms with Gasteiger partial charge < -0.3 is 19.9 Å². The minimum absolute atomic E-state index is 0.0168. The van der Waals surface area contributed by atoms with E-state index in [1.165, 1.54) is 31.5 Å². The van der Waals surface area contributed by atoms with Crippen LogP contribution in [0.5, 0.6) is 5.75 Å². The predicted octanol–water partition coefficient (Wildman–Crippen LogP) is 2.87. The molecule has 1 fully saturated rings. The van der Waals surface area contributed by atoms with E-state index in [4.69, 9.17) is 16.3 Å². The van der Waals surface area contributed by atoms with Crippen molar-refractivity contribution in [1.82, 2.24) is 15.2 Å². The molecule has 3 rings (SSSR count). The highest BCUT2D eigenvalue weighted by molar-refractivity contribution is 6.35. The quantitative estimate of drug-likeness (QED) is 0.766. The summed E-state index contributed by atoms with van der Waals surface area (Å²) in [6, 6.07) is 4.26. The Kier molecular flexibility index (Phi) is 5.82. The number of carbonyl (C=O) groups excluding carboxylic acids is 2. The number of benzene rings is 1. The van der Waals surface area contributed by atoms with Crippen LogP contribution in [-0.2, 0) is 0 Å². The summed E-state index contributed by atoms with van der Waals surface area (Å²) in [5.41, 5.74) is 0.117. The van der Waals surface area contributed by atoms with E-state index in [-0.39, 0.29) is 39.5 Å². The summed E-state index contributed by atoms with van der Waals surface area (Å²) in [6.45, 7) is 1.85. The monoisotopic (exact) mass is 393 g/mol. The molecule has 6 nitrogen and oxygen atoms in total. The van der Waals surface area contributed by atoms with Crippen LogP contribution in [0.4, 0.5) is 4.39 Å². The van der Waals surface area contributed by atoms with Crippen molar-refractivity contribution in [2.24, 2.45) is 0 Å². The summed E-state index contributed by atoms with van der Waals surface area (Å²) in [5.74, 6) is -1.81. The molecule has 2 heterocycles. The number of rotatable bonds is 5. The first-order valence-electron chi connectivity index (χ1n) is 8.65. The normalized spacial score (nSPS) is 15.6. The lowest BCUT2D eigenvalue weighted by molar-refractivity contribution is 0.0912. The number of amides is 1. The minimum Gasteiger partial charge on any atom is -0.494 e. The fraction of sp³-hybridized carbons (Fsp3) is 0.368. The number of nitrogens with one attached hydrogen (secondary N) is 2. The van der Waals surface area contributed by atoms with Gasteiger partial charge in [0.25, 0.3) is 5.91 Å². The summed E-state index contributed by atoms with van der Waals surface area (Å²) in [6.07, 6.45) is 3.12. The van der Waals surface area contributed by atoms with E-state index in [0.29, 0.717) is 0 Å². The number of ether oxygens (including phenoxy) is 1. The third kappa shape index (κ3) is 4.14. The molecule has 0 bridgehead atoms. The van der Waals surface area contributed by atoms with Crippen LogP contribution in [0.25, 0.3) is 0 Å². The second-order valence-electron chi connectivity index (χ2n) is 6.62. The molecule has 0 atom stereocenters. The van der Waals surface area contributed by atoms with Crippen LogP contribution in [0.15, 0.2) is 24.4 Å². The van der Waals surface area contributed by atoms with Gasteiger partial charge >= 0.3 is 0 Å². The van der Waals surface area contributed by atoms with Crippen LogP contribution in [-0.4, -0.2) is 54.9 Å². The Morgan fingerprint density at radius 3 is 2.70 bits per heavy atom. The molecule has 27 heavy (non-hydrogen) atoms. The van der Waals surface area contributed by atoms with E-state index in [0.717, 1.165) is 25.9 Å². The highest BCUT2D eigenvalue weighted by atomic mass is 35.5. The topological polar surface area (TPSA) is 74.4 Å². The number of ketones is 1. The molecule has 1 aromatic heterocycles. The van der Waals surface area contributed by atoms with E-state index in [9.17, 15) is 14.0 Å². The third-order valence-electron chi connectivity index (χ3n) is 4.75. The van der Waals surface area contributed by atoms with Gasteiger partial charge in [-0.05, 0) is 51.2 Å². The maximum absolute atomic E-state index is 14.5. The molecule has 0 aliphatic carbocycles. The van der Waals surface area contributed by atoms with Gasteiger partial charge in [0, 0.05) is 17.8 Å². The van der Waals surface area contributed by atoms with Crippen LogP contribution in [0, 0.1) is 5.82 Å². The van der Waals surface area contributed by atoms with Crippen molar-refractivity contribution in [2.75, 3.05) is 27.2 Å². The minimum atomic E-state index is -0.825. The lowest BCUT2D eigenvalue weighted by Crippen LogP contribution is -2.43. The number of halogens is 2. The molecule has 1 aliphatic rings. The lowest BCUT2D eigenvalue weighted by Gasteiger charge is -2.29. The van der Waals surface area contributed by atoms with Gasteiger partial charge in [-0.2, -0.15) is 0 Å². The van der Waals surface area contributed by atoms with Crippen molar-refractivity contribution in [3.05, 3.63) is 52.1 Å². The maximum Gasteiger partial charge on any atom is 0.267 e. The summed E-state index contributed by atoms with van der Waals surface area (Å²) in [5, 5.41) is 2.94. The first-order chi connectivity index (χ1) is 12.9. The van der Waals surface area contributed by atoms with E-state index in [2.05, 4.69) is 15.2 Å². The largest absolute Gasteiger partial charge is 0.494 e. The van der Waals surface area contributed by atoms with E-state index in [1.807, 2.05) is 7.05 Å². The molecule has 0 saturated carbocycles. The molecule has 0 spiro atoms. The van der Waals surface area contributed by atoms with Crippen LogP contribution < -0.4 is 10.1 Å². The number of likely N-dealkylation sites (tertiary alicyclic amines) is 1. The standard InChI is InChI=1S/C19H21ClFN3O3/c1-24-7-5-12(6-8-24)23-19(26)14-9-11(10-22-14)18(25)16-13(20)3-4-15(27-2)17(16)21/h3-4,9-10,12,22H,5-8H2,1-2H3,(H,23,26). The fourth-order valence-corrected chi connectivity index (χ4v) is 3.35. The number of carbonyl (C=O) groups is 2. The molecule has 0 radical (unpaired) electrons. The summed E-state index contributed by atoms with van der Waals surface area (Å²) in [7, 11) is 3.35. The van der Waals surface area contributed by atoms with Crippen LogP contribution in [0.2, 0.25) is 5.02 Å². The van der Waals surface area contributed by atoms with Crippen LogP contribution >= 0.6 is 11.6 Å². The number of hydrogen-bond acceptors (Lipinski definition) is 4. The molecule has 1 amide bonds. The number of piperidine rings is 1. The number of aromatic nitrogens is 1. The highest BCUT2D eigenvalue weighted by Crippen LogP contribution is 2.29. The Bertz CT molecular complexity index is 860.